The Balaban J connectivity index is 1.98. The largest absolute Gasteiger partial charge is 0.471 e. The first-order valence-electron chi connectivity index (χ1n) is 6.08. The van der Waals surface area contributed by atoms with Gasteiger partial charge in [-0.05, 0) is 30.7 Å². The van der Waals surface area contributed by atoms with Crippen molar-refractivity contribution in [1.82, 2.24) is 0 Å². The summed E-state index contributed by atoms with van der Waals surface area (Å²) in [5, 5.41) is 0. The number of hydrogen-bond acceptors (Lipinski definition) is 3. The van der Waals surface area contributed by atoms with Gasteiger partial charge in [0.05, 0.1) is 12.1 Å². The number of nitrogens with zero attached hydrogens (tertiary/aromatic N) is 1. The van der Waals surface area contributed by atoms with Gasteiger partial charge in [-0.1, -0.05) is 12.1 Å². The molecule has 104 valence electrons. The fourth-order valence-electron chi connectivity index (χ4n) is 1.87. The Morgan fingerprint density at radius 3 is 2.53 bits per heavy atom. The van der Waals surface area contributed by atoms with Crippen molar-refractivity contribution in [2.24, 2.45) is 10.7 Å². The summed E-state index contributed by atoms with van der Waals surface area (Å²) >= 11 is 0. The summed E-state index contributed by atoms with van der Waals surface area (Å²) in [6.45, 7) is 1.01. The van der Waals surface area contributed by atoms with Crippen LogP contribution in [-0.2, 0) is 10.9 Å². The van der Waals surface area contributed by atoms with Gasteiger partial charge in [-0.3, -0.25) is 4.99 Å². The van der Waals surface area contributed by atoms with Crippen LogP contribution in [0.1, 0.15) is 30.1 Å². The Bertz CT molecular complexity index is 454. The summed E-state index contributed by atoms with van der Waals surface area (Å²) in [7, 11) is 0. The molecule has 0 amide bonds. The second-order valence-corrected chi connectivity index (χ2v) is 4.35. The zero-order chi connectivity index (χ0) is 13.9. The molecular weight excluding hydrogens is 257 g/mol. The highest BCUT2D eigenvalue weighted by Gasteiger charge is 2.30. The number of aliphatic imine (C=N–C) groups is 1. The summed E-state index contributed by atoms with van der Waals surface area (Å²) < 4.78 is 42.9. The molecule has 0 saturated carbocycles. The zero-order valence-corrected chi connectivity index (χ0v) is 10.3. The number of nitrogens with two attached hydrogens (primary N) is 1. The number of rotatable bonds is 4. The van der Waals surface area contributed by atoms with Crippen molar-refractivity contribution in [3.8, 4) is 0 Å². The number of benzene rings is 1. The van der Waals surface area contributed by atoms with Gasteiger partial charge in [-0.25, -0.2) is 0 Å². The van der Waals surface area contributed by atoms with Crippen LogP contribution in [-0.4, -0.2) is 19.0 Å². The molecule has 1 aromatic carbocycles. The van der Waals surface area contributed by atoms with Crippen LogP contribution in [0, 0.1) is 0 Å². The number of ether oxygens (including phenoxy) is 1. The van der Waals surface area contributed by atoms with Gasteiger partial charge in [-0.15, -0.1) is 0 Å². The first kappa shape index (κ1) is 13.9. The first-order valence-corrected chi connectivity index (χ1v) is 6.08. The lowest BCUT2D eigenvalue weighted by molar-refractivity contribution is -0.137. The highest BCUT2D eigenvalue weighted by molar-refractivity contribution is 5.77. The summed E-state index contributed by atoms with van der Waals surface area (Å²) in [4.78, 5) is 4.22. The first-order chi connectivity index (χ1) is 9.00. The Morgan fingerprint density at radius 1 is 1.26 bits per heavy atom. The highest BCUT2D eigenvalue weighted by Crippen LogP contribution is 2.31. The lowest BCUT2D eigenvalue weighted by Gasteiger charge is -2.13. The topological polar surface area (TPSA) is 47.6 Å². The normalized spacial score (nSPS) is 19.2. The molecule has 2 N–H and O–H groups in total. The molecule has 6 heteroatoms. The van der Waals surface area contributed by atoms with Gasteiger partial charge >= 0.3 is 6.18 Å². The minimum Gasteiger partial charge on any atom is -0.471 e. The zero-order valence-electron chi connectivity index (χ0n) is 10.3. The van der Waals surface area contributed by atoms with Crippen molar-refractivity contribution in [2.45, 2.75) is 25.1 Å². The van der Waals surface area contributed by atoms with E-state index < -0.39 is 11.7 Å². The standard InChI is InChI=1S/C13H15F3N2O/c14-13(15,16)10-5-3-9(4-6-10)11-8-18-12(19-11)2-1-7-17/h3-6,11H,1-2,7-8,17H2. The Morgan fingerprint density at radius 2 is 1.95 bits per heavy atom. The Labute approximate surface area is 109 Å². The van der Waals surface area contributed by atoms with Gasteiger partial charge < -0.3 is 10.5 Å². The van der Waals surface area contributed by atoms with E-state index in [0.717, 1.165) is 18.6 Å². The maximum absolute atomic E-state index is 12.4. The number of alkyl halides is 3. The second kappa shape index (κ2) is 5.61. The molecule has 0 aromatic heterocycles. The molecule has 3 nitrogen and oxygen atoms in total. The quantitative estimate of drug-likeness (QED) is 0.916. The number of halogens is 3. The molecule has 1 heterocycles. The van der Waals surface area contributed by atoms with Crippen LogP contribution in [0.5, 0.6) is 0 Å². The van der Waals surface area contributed by atoms with E-state index in [1.165, 1.54) is 12.1 Å². The molecule has 1 aromatic rings. The molecular formula is C13H15F3N2O. The van der Waals surface area contributed by atoms with E-state index in [2.05, 4.69) is 4.99 Å². The maximum Gasteiger partial charge on any atom is 0.416 e. The van der Waals surface area contributed by atoms with Crippen LogP contribution in [0.25, 0.3) is 0 Å². The van der Waals surface area contributed by atoms with E-state index in [0.29, 0.717) is 31.0 Å². The SMILES string of the molecule is NCCCC1=NCC(c2ccc(C(F)(F)F)cc2)O1. The van der Waals surface area contributed by atoms with Crippen molar-refractivity contribution >= 4 is 5.90 Å². The van der Waals surface area contributed by atoms with E-state index >= 15 is 0 Å². The summed E-state index contributed by atoms with van der Waals surface area (Å²) in [6.07, 6.45) is -3.13. The molecule has 0 saturated heterocycles. The van der Waals surface area contributed by atoms with E-state index in [1.54, 1.807) is 0 Å². The van der Waals surface area contributed by atoms with Crippen LogP contribution >= 0.6 is 0 Å². The van der Waals surface area contributed by atoms with Crippen LogP contribution in [0.4, 0.5) is 13.2 Å². The number of hydrogen-bond donors (Lipinski definition) is 1. The lowest BCUT2D eigenvalue weighted by atomic mass is 10.1. The molecule has 2 rings (SSSR count). The van der Waals surface area contributed by atoms with Gasteiger partial charge in [0.2, 0.25) is 0 Å². The third-order valence-corrected chi connectivity index (χ3v) is 2.92. The molecule has 1 aliphatic heterocycles. The van der Waals surface area contributed by atoms with Crippen LogP contribution in [0.2, 0.25) is 0 Å². The van der Waals surface area contributed by atoms with Gasteiger partial charge in [0, 0.05) is 6.42 Å². The summed E-state index contributed by atoms with van der Waals surface area (Å²) in [5.74, 6) is 0.635. The van der Waals surface area contributed by atoms with Crippen molar-refractivity contribution < 1.29 is 17.9 Å². The third kappa shape index (κ3) is 3.47. The van der Waals surface area contributed by atoms with Crippen molar-refractivity contribution in [1.29, 1.82) is 0 Å². The monoisotopic (exact) mass is 272 g/mol. The Kier molecular flexibility index (Phi) is 4.09. The van der Waals surface area contributed by atoms with E-state index in [-0.39, 0.29) is 6.10 Å². The third-order valence-electron chi connectivity index (χ3n) is 2.92. The van der Waals surface area contributed by atoms with Crippen LogP contribution in [0.3, 0.4) is 0 Å². The molecule has 0 bridgehead atoms. The molecule has 1 atom stereocenters. The smallest absolute Gasteiger partial charge is 0.416 e. The molecule has 0 aliphatic carbocycles. The molecule has 1 unspecified atom stereocenters. The average molecular weight is 272 g/mol. The minimum atomic E-state index is -4.31. The van der Waals surface area contributed by atoms with Gasteiger partial charge in [-0.2, -0.15) is 13.2 Å². The second-order valence-electron chi connectivity index (χ2n) is 4.35. The predicted molar refractivity (Wildman–Crippen MR) is 65.9 cm³/mol. The minimum absolute atomic E-state index is 0.282. The van der Waals surface area contributed by atoms with Crippen molar-refractivity contribution in [3.63, 3.8) is 0 Å². The van der Waals surface area contributed by atoms with Gasteiger partial charge in [0.1, 0.15) is 6.10 Å². The van der Waals surface area contributed by atoms with Crippen molar-refractivity contribution in [3.05, 3.63) is 35.4 Å². The fourth-order valence-corrected chi connectivity index (χ4v) is 1.87. The molecule has 1 aliphatic rings. The lowest BCUT2D eigenvalue weighted by Crippen LogP contribution is -2.09. The molecule has 0 fully saturated rings. The highest BCUT2D eigenvalue weighted by atomic mass is 19.4. The molecule has 19 heavy (non-hydrogen) atoms. The average Bonchev–Trinajstić information content (AvgIpc) is 2.84. The van der Waals surface area contributed by atoms with Gasteiger partial charge in [0.15, 0.2) is 5.90 Å². The Hall–Kier alpha value is -1.56. The van der Waals surface area contributed by atoms with Gasteiger partial charge in [0.25, 0.3) is 0 Å². The van der Waals surface area contributed by atoms with E-state index in [4.69, 9.17) is 10.5 Å². The van der Waals surface area contributed by atoms with Crippen LogP contribution < -0.4 is 5.73 Å². The maximum atomic E-state index is 12.4. The summed E-state index contributed by atoms with van der Waals surface area (Å²) in [6, 6.07) is 5.01. The predicted octanol–water partition coefficient (Wildman–Crippen LogP) is 2.91. The summed E-state index contributed by atoms with van der Waals surface area (Å²) in [5.41, 5.74) is 5.45. The molecule has 0 spiro atoms. The van der Waals surface area contributed by atoms with E-state index in [1.807, 2.05) is 0 Å². The van der Waals surface area contributed by atoms with Crippen LogP contribution in [0.15, 0.2) is 29.3 Å². The van der Waals surface area contributed by atoms with E-state index in [9.17, 15) is 13.2 Å². The fraction of sp³-hybridized carbons (Fsp3) is 0.462. The van der Waals surface area contributed by atoms with Crippen molar-refractivity contribution in [2.75, 3.05) is 13.1 Å². The molecule has 0 radical (unpaired) electrons.